The van der Waals surface area contributed by atoms with E-state index in [1.165, 1.54) is 32.4 Å². The van der Waals surface area contributed by atoms with Crippen LogP contribution in [0.2, 0.25) is 0 Å². The van der Waals surface area contributed by atoms with Crippen molar-refractivity contribution in [3.63, 3.8) is 0 Å². The largest absolute Gasteiger partial charge is 0.459 e. The normalized spacial score (nSPS) is 27.7. The van der Waals surface area contributed by atoms with Crippen LogP contribution in [0.3, 0.4) is 0 Å². The van der Waals surface area contributed by atoms with Gasteiger partial charge in [0.25, 0.3) is 0 Å². The molecule has 0 amide bonds. The monoisotopic (exact) mass is 268 g/mol. The van der Waals surface area contributed by atoms with Crippen molar-refractivity contribution in [2.24, 2.45) is 0 Å². The van der Waals surface area contributed by atoms with Gasteiger partial charge in [0, 0.05) is 19.1 Å². The van der Waals surface area contributed by atoms with Crippen LogP contribution >= 0.6 is 0 Å². The lowest BCUT2D eigenvalue weighted by molar-refractivity contribution is -0.160. The highest BCUT2D eigenvalue weighted by Gasteiger charge is 2.35. The Balaban J connectivity index is 1.84. The van der Waals surface area contributed by atoms with E-state index in [0.717, 1.165) is 13.1 Å². The summed E-state index contributed by atoms with van der Waals surface area (Å²) in [5.41, 5.74) is -0.389. The van der Waals surface area contributed by atoms with Gasteiger partial charge in [0.05, 0.1) is 0 Å². The summed E-state index contributed by atoms with van der Waals surface area (Å²) in [7, 11) is 0. The minimum absolute atomic E-state index is 0.0884. The summed E-state index contributed by atoms with van der Waals surface area (Å²) in [5.74, 6) is -0.0884. The number of rotatable bonds is 3. The zero-order chi connectivity index (χ0) is 14.0. The predicted molar refractivity (Wildman–Crippen MR) is 76.1 cm³/mol. The van der Waals surface area contributed by atoms with E-state index in [1.54, 1.807) is 0 Å². The van der Waals surface area contributed by atoms with Gasteiger partial charge >= 0.3 is 5.97 Å². The van der Waals surface area contributed by atoms with Crippen molar-refractivity contribution in [1.29, 1.82) is 0 Å². The van der Waals surface area contributed by atoms with Crippen molar-refractivity contribution in [3.05, 3.63) is 0 Å². The average Bonchev–Trinajstić information content (AvgIpc) is 2.96. The first kappa shape index (κ1) is 14.8. The molecule has 0 aromatic heterocycles. The van der Waals surface area contributed by atoms with Gasteiger partial charge in [-0.3, -0.25) is 14.6 Å². The molecule has 2 aliphatic rings. The van der Waals surface area contributed by atoms with E-state index in [1.807, 2.05) is 27.7 Å². The summed E-state index contributed by atoms with van der Waals surface area (Å²) in [5, 5.41) is 0. The molecule has 0 spiro atoms. The van der Waals surface area contributed by atoms with Crippen molar-refractivity contribution in [2.45, 2.75) is 64.6 Å². The Hall–Kier alpha value is -0.610. The van der Waals surface area contributed by atoms with Crippen LogP contribution in [-0.4, -0.2) is 59.6 Å². The smallest absolute Gasteiger partial charge is 0.323 e. The Morgan fingerprint density at radius 1 is 1.21 bits per heavy atom. The van der Waals surface area contributed by atoms with Crippen molar-refractivity contribution >= 4 is 5.97 Å². The second-order valence-corrected chi connectivity index (χ2v) is 6.89. The minimum atomic E-state index is -0.389. The van der Waals surface area contributed by atoms with Gasteiger partial charge in [0.2, 0.25) is 0 Å². The van der Waals surface area contributed by atoms with Gasteiger partial charge in [-0.25, -0.2) is 0 Å². The molecule has 0 N–H and O–H groups in total. The topological polar surface area (TPSA) is 32.8 Å². The molecule has 2 aliphatic heterocycles. The predicted octanol–water partition coefficient (Wildman–Crippen LogP) is 1.89. The zero-order valence-corrected chi connectivity index (χ0v) is 12.8. The Bertz CT molecular complexity index is 319. The summed E-state index contributed by atoms with van der Waals surface area (Å²) in [6.45, 7) is 12.2. The number of hydrogen-bond donors (Lipinski definition) is 0. The molecule has 110 valence electrons. The molecule has 0 bridgehead atoms. The Kier molecular flexibility index (Phi) is 4.51. The molecule has 2 atom stereocenters. The first-order chi connectivity index (χ1) is 8.87. The molecule has 2 saturated heterocycles. The fourth-order valence-corrected chi connectivity index (χ4v) is 3.06. The number of carbonyl (C=O) groups is 1. The average molecular weight is 268 g/mol. The third-order valence-corrected chi connectivity index (χ3v) is 4.15. The van der Waals surface area contributed by atoms with Crippen LogP contribution in [0, 0.1) is 0 Å². The van der Waals surface area contributed by atoms with Gasteiger partial charge in [-0.2, -0.15) is 0 Å². The van der Waals surface area contributed by atoms with E-state index in [0.29, 0.717) is 6.04 Å². The second-order valence-electron chi connectivity index (χ2n) is 6.89. The lowest BCUT2D eigenvalue weighted by Crippen LogP contribution is -2.43. The fraction of sp³-hybridized carbons (Fsp3) is 0.933. The van der Waals surface area contributed by atoms with E-state index in [9.17, 15) is 4.79 Å². The standard InChI is InChI=1S/C15H28N2O2/c1-12(14(18)19-15(2,3)4)17-10-7-13(11-17)16-8-5-6-9-16/h12-13H,5-11H2,1-4H3. The van der Waals surface area contributed by atoms with Gasteiger partial charge in [0.1, 0.15) is 11.6 Å². The molecule has 2 rings (SSSR count). The number of esters is 1. The molecule has 0 aromatic rings. The molecule has 2 heterocycles. The number of nitrogens with zero attached hydrogens (tertiary/aromatic N) is 2. The summed E-state index contributed by atoms with van der Waals surface area (Å²) in [6.07, 6.45) is 3.85. The van der Waals surface area contributed by atoms with Crippen molar-refractivity contribution in [1.82, 2.24) is 9.80 Å². The summed E-state index contributed by atoms with van der Waals surface area (Å²) < 4.78 is 5.48. The maximum Gasteiger partial charge on any atom is 0.323 e. The van der Waals surface area contributed by atoms with E-state index in [2.05, 4.69) is 9.80 Å². The Labute approximate surface area is 117 Å². The van der Waals surface area contributed by atoms with Crippen LogP contribution in [0.1, 0.15) is 47.0 Å². The molecule has 0 saturated carbocycles. The Morgan fingerprint density at radius 2 is 1.84 bits per heavy atom. The summed E-state index contributed by atoms with van der Waals surface area (Å²) in [4.78, 5) is 17.0. The Morgan fingerprint density at radius 3 is 2.42 bits per heavy atom. The van der Waals surface area contributed by atoms with Gasteiger partial charge in [0.15, 0.2) is 0 Å². The summed E-state index contributed by atoms with van der Waals surface area (Å²) in [6, 6.07) is 0.527. The highest BCUT2D eigenvalue weighted by molar-refractivity contribution is 5.75. The first-order valence-electron chi connectivity index (χ1n) is 7.58. The van der Waals surface area contributed by atoms with Crippen molar-refractivity contribution < 1.29 is 9.53 Å². The van der Waals surface area contributed by atoms with Gasteiger partial charge in [-0.15, -0.1) is 0 Å². The van der Waals surface area contributed by atoms with Crippen LogP contribution in [0.5, 0.6) is 0 Å². The first-order valence-corrected chi connectivity index (χ1v) is 7.58. The van der Waals surface area contributed by atoms with Gasteiger partial charge in [-0.1, -0.05) is 0 Å². The lowest BCUT2D eigenvalue weighted by Gasteiger charge is -2.28. The van der Waals surface area contributed by atoms with Crippen LogP contribution in [0.15, 0.2) is 0 Å². The van der Waals surface area contributed by atoms with Crippen LogP contribution < -0.4 is 0 Å². The van der Waals surface area contributed by atoms with E-state index < -0.39 is 0 Å². The number of ether oxygens (including phenoxy) is 1. The van der Waals surface area contributed by atoms with Gasteiger partial charge in [-0.05, 0) is 60.0 Å². The number of carbonyl (C=O) groups excluding carboxylic acids is 1. The maximum absolute atomic E-state index is 12.1. The molecular formula is C15H28N2O2. The van der Waals surface area contributed by atoms with E-state index in [-0.39, 0.29) is 17.6 Å². The second kappa shape index (κ2) is 5.80. The van der Waals surface area contributed by atoms with Crippen LogP contribution in [0.25, 0.3) is 0 Å². The molecule has 2 unspecified atom stereocenters. The van der Waals surface area contributed by atoms with Gasteiger partial charge < -0.3 is 4.74 Å². The summed E-state index contributed by atoms with van der Waals surface area (Å²) >= 11 is 0. The quantitative estimate of drug-likeness (QED) is 0.732. The zero-order valence-electron chi connectivity index (χ0n) is 12.8. The van der Waals surface area contributed by atoms with Crippen molar-refractivity contribution in [2.75, 3.05) is 26.2 Å². The molecule has 4 nitrogen and oxygen atoms in total. The SMILES string of the molecule is CC(C(=O)OC(C)(C)C)N1CCC(N2CCCC2)C1. The third kappa shape index (κ3) is 3.93. The fourth-order valence-electron chi connectivity index (χ4n) is 3.06. The molecule has 0 aromatic carbocycles. The highest BCUT2D eigenvalue weighted by Crippen LogP contribution is 2.22. The third-order valence-electron chi connectivity index (χ3n) is 4.15. The lowest BCUT2D eigenvalue weighted by atomic mass is 10.2. The number of likely N-dealkylation sites (tertiary alicyclic amines) is 2. The molecule has 0 radical (unpaired) electrons. The number of hydrogen-bond acceptors (Lipinski definition) is 4. The van der Waals surface area contributed by atoms with Crippen LogP contribution in [0.4, 0.5) is 0 Å². The van der Waals surface area contributed by atoms with Crippen LogP contribution in [-0.2, 0) is 9.53 Å². The molecule has 0 aliphatic carbocycles. The molecule has 4 heteroatoms. The molecule has 2 fully saturated rings. The molecular weight excluding hydrogens is 240 g/mol. The van der Waals surface area contributed by atoms with E-state index >= 15 is 0 Å². The maximum atomic E-state index is 12.1. The molecule has 19 heavy (non-hydrogen) atoms. The minimum Gasteiger partial charge on any atom is -0.459 e. The van der Waals surface area contributed by atoms with E-state index in [4.69, 9.17) is 4.74 Å². The highest BCUT2D eigenvalue weighted by atomic mass is 16.6. The van der Waals surface area contributed by atoms with Crippen molar-refractivity contribution in [3.8, 4) is 0 Å².